The maximum absolute atomic E-state index is 14.3. The molecule has 4 rings (SSSR count). The van der Waals surface area contributed by atoms with Crippen LogP contribution in [0.2, 0.25) is 10.0 Å². The van der Waals surface area contributed by atoms with E-state index >= 15 is 0 Å². The first kappa shape index (κ1) is 32.6. The fourth-order valence-corrected chi connectivity index (χ4v) is 7.16. The molecule has 0 unspecified atom stereocenters. The third-order valence-electron chi connectivity index (χ3n) is 7.66. The number of halogens is 2. The van der Waals surface area contributed by atoms with Crippen LogP contribution in [-0.2, 0) is 26.2 Å². The van der Waals surface area contributed by atoms with Crippen LogP contribution in [0.25, 0.3) is 0 Å². The number of benzene rings is 3. The van der Waals surface area contributed by atoms with Crippen LogP contribution >= 0.6 is 23.2 Å². The van der Waals surface area contributed by atoms with Gasteiger partial charge in [-0.3, -0.25) is 13.9 Å². The van der Waals surface area contributed by atoms with Crippen LogP contribution in [0, 0.1) is 0 Å². The van der Waals surface area contributed by atoms with Gasteiger partial charge in [0.15, 0.2) is 0 Å². The Kier molecular flexibility index (Phi) is 11.3. The lowest BCUT2D eigenvalue weighted by Gasteiger charge is -2.35. The number of amides is 2. The Morgan fingerprint density at radius 2 is 1.65 bits per heavy atom. The summed E-state index contributed by atoms with van der Waals surface area (Å²) in [6, 6.07) is 18.7. The van der Waals surface area contributed by atoms with Gasteiger partial charge in [-0.2, -0.15) is 0 Å². The Hall–Kier alpha value is -3.27. The predicted octanol–water partition coefficient (Wildman–Crippen LogP) is 6.45. The van der Waals surface area contributed by atoms with E-state index in [-0.39, 0.29) is 39.8 Å². The number of rotatable bonds is 12. The minimum absolute atomic E-state index is 0.00966. The highest BCUT2D eigenvalue weighted by atomic mass is 35.5. The Bertz CT molecular complexity index is 1510. The first-order chi connectivity index (χ1) is 20.6. The molecule has 43 heavy (non-hydrogen) atoms. The van der Waals surface area contributed by atoms with E-state index in [0.29, 0.717) is 17.0 Å². The highest BCUT2D eigenvalue weighted by Crippen LogP contribution is 2.35. The van der Waals surface area contributed by atoms with Crippen molar-refractivity contribution in [2.24, 2.45) is 0 Å². The lowest BCUT2D eigenvalue weighted by atomic mass is 9.95. The second-order valence-corrected chi connectivity index (χ2v) is 13.2. The molecule has 0 heterocycles. The highest BCUT2D eigenvalue weighted by molar-refractivity contribution is 7.92. The van der Waals surface area contributed by atoms with Crippen LogP contribution in [0.1, 0.15) is 51.0 Å². The summed E-state index contributed by atoms with van der Waals surface area (Å²) < 4.78 is 34.6. The molecule has 3 aromatic rings. The molecule has 0 spiro atoms. The third kappa shape index (κ3) is 8.02. The van der Waals surface area contributed by atoms with E-state index in [4.69, 9.17) is 27.9 Å². The molecule has 1 atom stereocenters. The summed E-state index contributed by atoms with van der Waals surface area (Å²) in [5.41, 5.74) is 0.740. The maximum atomic E-state index is 14.3. The van der Waals surface area contributed by atoms with Crippen LogP contribution in [0.4, 0.5) is 5.69 Å². The number of hydrogen-bond acceptors (Lipinski definition) is 5. The van der Waals surface area contributed by atoms with E-state index in [2.05, 4.69) is 5.32 Å². The van der Waals surface area contributed by atoms with Crippen LogP contribution in [0.15, 0.2) is 77.7 Å². The van der Waals surface area contributed by atoms with Gasteiger partial charge >= 0.3 is 0 Å². The summed E-state index contributed by atoms with van der Waals surface area (Å²) in [4.78, 5) is 29.4. The van der Waals surface area contributed by atoms with Crippen molar-refractivity contribution in [2.75, 3.05) is 18.0 Å². The summed E-state index contributed by atoms with van der Waals surface area (Å²) >= 11 is 12.8. The molecule has 11 heteroatoms. The number of methoxy groups -OCH3 is 1. The van der Waals surface area contributed by atoms with Gasteiger partial charge in [-0.05, 0) is 61.2 Å². The van der Waals surface area contributed by atoms with E-state index < -0.39 is 28.5 Å². The van der Waals surface area contributed by atoms with Gasteiger partial charge in [0.2, 0.25) is 11.8 Å². The predicted molar refractivity (Wildman–Crippen MR) is 170 cm³/mol. The smallest absolute Gasteiger partial charge is 0.264 e. The lowest BCUT2D eigenvalue weighted by molar-refractivity contribution is -0.140. The lowest BCUT2D eigenvalue weighted by Crippen LogP contribution is -2.54. The molecular weight excluding hydrogens is 609 g/mol. The van der Waals surface area contributed by atoms with E-state index in [9.17, 15) is 18.0 Å². The Morgan fingerprint density at radius 3 is 2.30 bits per heavy atom. The van der Waals surface area contributed by atoms with Crippen molar-refractivity contribution in [1.82, 2.24) is 10.2 Å². The SMILES string of the molecule is CC[C@H](C(=O)NC1CCCCC1)N(Cc1ccccc1Cl)C(=O)CN(c1cc(Cl)ccc1OC)S(=O)(=O)c1ccccc1. The highest BCUT2D eigenvalue weighted by Gasteiger charge is 2.35. The van der Waals surface area contributed by atoms with Gasteiger partial charge in [0.05, 0.1) is 17.7 Å². The molecule has 0 bridgehead atoms. The minimum Gasteiger partial charge on any atom is -0.495 e. The van der Waals surface area contributed by atoms with E-state index in [1.807, 2.05) is 6.92 Å². The first-order valence-corrected chi connectivity index (χ1v) is 16.6. The van der Waals surface area contributed by atoms with Crippen molar-refractivity contribution in [1.29, 1.82) is 0 Å². The molecule has 1 saturated carbocycles. The van der Waals surface area contributed by atoms with E-state index in [1.54, 1.807) is 54.6 Å². The van der Waals surface area contributed by atoms with Crippen molar-refractivity contribution >= 4 is 50.7 Å². The second kappa shape index (κ2) is 14.9. The Balaban J connectivity index is 1.76. The van der Waals surface area contributed by atoms with Crippen LogP contribution in [0.5, 0.6) is 5.75 Å². The zero-order valence-corrected chi connectivity index (χ0v) is 26.7. The monoisotopic (exact) mass is 645 g/mol. The maximum Gasteiger partial charge on any atom is 0.264 e. The van der Waals surface area contributed by atoms with Gasteiger partial charge in [-0.25, -0.2) is 8.42 Å². The molecule has 3 aromatic carbocycles. The molecule has 1 aliphatic carbocycles. The molecule has 0 aromatic heterocycles. The number of carbonyl (C=O) groups is 2. The third-order valence-corrected chi connectivity index (χ3v) is 10.0. The van der Waals surface area contributed by atoms with Gasteiger partial charge in [0.25, 0.3) is 10.0 Å². The molecule has 2 amide bonds. The molecule has 230 valence electrons. The molecular formula is C32H37Cl2N3O5S. The first-order valence-electron chi connectivity index (χ1n) is 14.4. The molecule has 1 aliphatic rings. The van der Waals surface area contributed by atoms with Crippen LogP contribution in [0.3, 0.4) is 0 Å². The quantitative estimate of drug-likeness (QED) is 0.244. The molecule has 1 fully saturated rings. The average molecular weight is 647 g/mol. The minimum atomic E-state index is -4.27. The Morgan fingerprint density at radius 1 is 0.977 bits per heavy atom. The number of carbonyl (C=O) groups excluding carboxylic acids is 2. The number of ether oxygens (including phenoxy) is 1. The average Bonchev–Trinajstić information content (AvgIpc) is 3.01. The summed E-state index contributed by atoms with van der Waals surface area (Å²) in [5, 5.41) is 3.84. The molecule has 0 saturated heterocycles. The second-order valence-electron chi connectivity index (χ2n) is 10.5. The van der Waals surface area contributed by atoms with Gasteiger partial charge in [-0.1, -0.05) is 85.8 Å². The van der Waals surface area contributed by atoms with E-state index in [1.165, 1.54) is 30.2 Å². The van der Waals surface area contributed by atoms with Gasteiger partial charge in [0.1, 0.15) is 18.3 Å². The van der Waals surface area contributed by atoms with Crippen LogP contribution in [-0.4, -0.2) is 50.9 Å². The number of nitrogens with zero attached hydrogens (tertiary/aromatic N) is 2. The number of anilines is 1. The van der Waals surface area contributed by atoms with Gasteiger partial charge in [0, 0.05) is 22.6 Å². The normalized spacial score (nSPS) is 14.5. The standard InChI is InChI=1S/C32H37Cl2N3O5S/c1-3-28(32(39)35-25-13-6-4-7-14-25)36(21-23-12-10-11-17-27(23)34)31(38)22-37(29-20-24(33)18-19-30(29)42-2)43(40,41)26-15-8-5-9-16-26/h5,8-12,15-20,25,28H,3-4,6-7,13-14,21-22H2,1-2H3,(H,35,39)/t28-/m1/s1. The number of hydrogen-bond donors (Lipinski definition) is 1. The number of sulfonamides is 1. The van der Waals surface area contributed by atoms with Crippen molar-refractivity contribution in [3.05, 3.63) is 88.4 Å². The largest absolute Gasteiger partial charge is 0.495 e. The van der Waals surface area contributed by atoms with Gasteiger partial charge in [-0.15, -0.1) is 0 Å². The Labute approximate surface area is 264 Å². The van der Waals surface area contributed by atoms with Gasteiger partial charge < -0.3 is 15.0 Å². The zero-order chi connectivity index (χ0) is 31.0. The topological polar surface area (TPSA) is 96.0 Å². The molecule has 0 aliphatic heterocycles. The summed E-state index contributed by atoms with van der Waals surface area (Å²) in [7, 11) is -2.86. The molecule has 0 radical (unpaired) electrons. The molecule has 8 nitrogen and oxygen atoms in total. The van der Waals surface area contributed by atoms with Crippen molar-refractivity contribution in [3.63, 3.8) is 0 Å². The van der Waals surface area contributed by atoms with Crippen molar-refractivity contribution in [3.8, 4) is 5.75 Å². The van der Waals surface area contributed by atoms with E-state index in [0.717, 1.165) is 36.4 Å². The fourth-order valence-electron chi connectivity index (χ4n) is 5.36. The van der Waals surface area contributed by atoms with Crippen LogP contribution < -0.4 is 14.4 Å². The number of nitrogens with one attached hydrogen (secondary N) is 1. The molecule has 1 N–H and O–H groups in total. The summed E-state index contributed by atoms with van der Waals surface area (Å²) in [6.07, 6.45) is 5.31. The van der Waals surface area contributed by atoms with Crippen molar-refractivity contribution in [2.45, 2.75) is 69.0 Å². The fraction of sp³-hybridized carbons (Fsp3) is 0.375. The zero-order valence-electron chi connectivity index (χ0n) is 24.3. The van der Waals surface area contributed by atoms with Crippen molar-refractivity contribution < 1.29 is 22.7 Å². The summed E-state index contributed by atoms with van der Waals surface area (Å²) in [6.45, 7) is 1.24. The summed E-state index contributed by atoms with van der Waals surface area (Å²) in [5.74, 6) is -0.629.